The summed E-state index contributed by atoms with van der Waals surface area (Å²) >= 11 is 0. The van der Waals surface area contributed by atoms with Gasteiger partial charge in [-0.05, 0) is 42.3 Å². The average molecular weight is 289 g/mol. The zero-order valence-corrected chi connectivity index (χ0v) is 12.8. The number of aliphatic imine (C=N–C) groups is 1. The highest BCUT2D eigenvalue weighted by Gasteiger charge is 2.10. The van der Waals surface area contributed by atoms with Crippen molar-refractivity contribution in [3.63, 3.8) is 0 Å². The lowest BCUT2D eigenvalue weighted by Gasteiger charge is -2.13. The molecule has 0 bridgehead atoms. The lowest BCUT2D eigenvalue weighted by atomic mass is 9.99. The fraction of sp³-hybridized carbons (Fsp3) is 0.150. The molecule has 0 spiro atoms. The molecule has 0 aliphatic rings. The Morgan fingerprint density at radius 1 is 0.909 bits per heavy atom. The summed E-state index contributed by atoms with van der Waals surface area (Å²) in [6, 6.07) is 22.0. The number of hydrogen-bond donors (Lipinski definition) is 1. The molecule has 0 radical (unpaired) electrons. The second-order valence-corrected chi connectivity index (χ2v) is 5.48. The highest BCUT2D eigenvalue weighted by Crippen LogP contribution is 2.27. The van der Waals surface area contributed by atoms with Crippen LogP contribution in [-0.2, 0) is 0 Å². The maximum Gasteiger partial charge on any atom is 0.124 e. The molecule has 0 heterocycles. The van der Waals surface area contributed by atoms with Crippen LogP contribution in [0.25, 0.3) is 10.8 Å². The Kier molecular flexibility index (Phi) is 3.92. The molecular formula is C20H19NO. The van der Waals surface area contributed by atoms with Gasteiger partial charge in [-0.2, -0.15) is 0 Å². The van der Waals surface area contributed by atoms with E-state index >= 15 is 0 Å². The van der Waals surface area contributed by atoms with Crippen LogP contribution in [0.3, 0.4) is 0 Å². The van der Waals surface area contributed by atoms with Crippen LogP contribution in [0.5, 0.6) is 5.75 Å². The summed E-state index contributed by atoms with van der Waals surface area (Å²) in [5.74, 6) is 0.272. The highest BCUT2D eigenvalue weighted by atomic mass is 16.3. The van der Waals surface area contributed by atoms with Crippen LogP contribution < -0.4 is 0 Å². The molecule has 110 valence electrons. The SMILES string of the molecule is CC(=N[C@@H](C)c1cccc2ccccc12)c1ccccc1O. The normalized spacial score (nSPS) is 13.3. The lowest BCUT2D eigenvalue weighted by molar-refractivity contribution is 0.474. The third-order valence-electron chi connectivity index (χ3n) is 3.95. The molecule has 3 aromatic rings. The third-order valence-corrected chi connectivity index (χ3v) is 3.95. The molecule has 2 nitrogen and oxygen atoms in total. The summed E-state index contributed by atoms with van der Waals surface area (Å²) in [6.45, 7) is 4.03. The molecule has 0 saturated heterocycles. The van der Waals surface area contributed by atoms with E-state index < -0.39 is 0 Å². The number of para-hydroxylation sites is 1. The molecule has 1 N–H and O–H groups in total. The fourth-order valence-corrected chi connectivity index (χ4v) is 2.82. The molecule has 0 fully saturated rings. The van der Waals surface area contributed by atoms with Gasteiger partial charge in [-0.3, -0.25) is 4.99 Å². The zero-order chi connectivity index (χ0) is 15.5. The number of rotatable bonds is 3. The Bertz CT molecular complexity index is 830. The maximum atomic E-state index is 9.96. The van der Waals surface area contributed by atoms with Crippen LogP contribution in [0, 0.1) is 0 Å². The topological polar surface area (TPSA) is 32.6 Å². The molecule has 3 aromatic carbocycles. The number of aromatic hydroxyl groups is 1. The first kappa shape index (κ1) is 14.3. The molecule has 0 amide bonds. The Balaban J connectivity index is 2.01. The lowest BCUT2D eigenvalue weighted by Crippen LogP contribution is -2.00. The summed E-state index contributed by atoms with van der Waals surface area (Å²) in [6.07, 6.45) is 0. The monoisotopic (exact) mass is 289 g/mol. The van der Waals surface area contributed by atoms with Crippen LogP contribution in [0.15, 0.2) is 71.7 Å². The van der Waals surface area contributed by atoms with Gasteiger partial charge < -0.3 is 5.11 Å². The second kappa shape index (κ2) is 6.02. The van der Waals surface area contributed by atoms with Gasteiger partial charge in [0.15, 0.2) is 0 Å². The number of phenols is 1. The largest absolute Gasteiger partial charge is 0.507 e. The van der Waals surface area contributed by atoms with E-state index in [4.69, 9.17) is 4.99 Å². The van der Waals surface area contributed by atoms with E-state index in [1.54, 1.807) is 6.07 Å². The van der Waals surface area contributed by atoms with Crippen molar-refractivity contribution in [1.29, 1.82) is 0 Å². The fourth-order valence-electron chi connectivity index (χ4n) is 2.82. The first-order valence-corrected chi connectivity index (χ1v) is 7.47. The summed E-state index contributed by atoms with van der Waals surface area (Å²) in [4.78, 5) is 4.79. The van der Waals surface area contributed by atoms with E-state index in [9.17, 15) is 5.11 Å². The van der Waals surface area contributed by atoms with Crippen molar-refractivity contribution in [2.24, 2.45) is 4.99 Å². The highest BCUT2D eigenvalue weighted by molar-refractivity contribution is 6.01. The van der Waals surface area contributed by atoms with Crippen molar-refractivity contribution in [3.8, 4) is 5.75 Å². The van der Waals surface area contributed by atoms with E-state index in [1.807, 2.05) is 31.2 Å². The molecule has 0 aliphatic carbocycles. The molecule has 2 heteroatoms. The van der Waals surface area contributed by atoms with Crippen molar-refractivity contribution in [1.82, 2.24) is 0 Å². The van der Waals surface area contributed by atoms with Gasteiger partial charge in [0.25, 0.3) is 0 Å². The Morgan fingerprint density at radius 3 is 2.41 bits per heavy atom. The second-order valence-electron chi connectivity index (χ2n) is 5.48. The Hall–Kier alpha value is -2.61. The van der Waals surface area contributed by atoms with Crippen LogP contribution >= 0.6 is 0 Å². The molecule has 0 aromatic heterocycles. The first-order valence-electron chi connectivity index (χ1n) is 7.47. The third kappa shape index (κ3) is 2.73. The van der Waals surface area contributed by atoms with E-state index in [1.165, 1.54) is 16.3 Å². The van der Waals surface area contributed by atoms with Crippen LogP contribution in [-0.4, -0.2) is 10.8 Å². The number of phenolic OH excluding ortho intramolecular Hbond substituents is 1. The maximum absolute atomic E-state index is 9.96. The Morgan fingerprint density at radius 2 is 1.59 bits per heavy atom. The predicted octanol–water partition coefficient (Wildman–Crippen LogP) is 5.12. The number of hydrogen-bond acceptors (Lipinski definition) is 2. The standard InChI is InChI=1S/C20H19NO/c1-14(21-15(2)18-10-5-6-13-20(18)22)17-12-7-9-16-8-3-4-11-19(16)17/h3-14,22H,1-2H3/t14-/m0/s1. The van der Waals surface area contributed by atoms with E-state index in [0.29, 0.717) is 0 Å². The average Bonchev–Trinajstić information content (AvgIpc) is 2.54. The smallest absolute Gasteiger partial charge is 0.124 e. The van der Waals surface area contributed by atoms with Gasteiger partial charge in [-0.15, -0.1) is 0 Å². The first-order chi connectivity index (χ1) is 10.7. The van der Waals surface area contributed by atoms with Gasteiger partial charge in [0.1, 0.15) is 5.75 Å². The Labute approximate surface area is 130 Å². The van der Waals surface area contributed by atoms with Crippen molar-refractivity contribution < 1.29 is 5.11 Å². The zero-order valence-electron chi connectivity index (χ0n) is 12.8. The van der Waals surface area contributed by atoms with Crippen molar-refractivity contribution in [2.45, 2.75) is 19.9 Å². The predicted molar refractivity (Wildman–Crippen MR) is 92.7 cm³/mol. The minimum atomic E-state index is 0.0331. The quantitative estimate of drug-likeness (QED) is 0.667. The van der Waals surface area contributed by atoms with Crippen LogP contribution in [0.2, 0.25) is 0 Å². The molecule has 0 aliphatic heterocycles. The van der Waals surface area contributed by atoms with E-state index in [2.05, 4.69) is 43.3 Å². The van der Waals surface area contributed by atoms with Crippen LogP contribution in [0.1, 0.15) is 31.0 Å². The van der Waals surface area contributed by atoms with Crippen molar-refractivity contribution in [3.05, 3.63) is 77.9 Å². The minimum absolute atomic E-state index is 0.0331. The van der Waals surface area contributed by atoms with Gasteiger partial charge in [0.2, 0.25) is 0 Å². The molecule has 0 saturated carbocycles. The van der Waals surface area contributed by atoms with Crippen molar-refractivity contribution in [2.75, 3.05) is 0 Å². The van der Waals surface area contributed by atoms with Crippen molar-refractivity contribution >= 4 is 16.5 Å². The van der Waals surface area contributed by atoms with Gasteiger partial charge in [0.05, 0.1) is 6.04 Å². The van der Waals surface area contributed by atoms with E-state index in [0.717, 1.165) is 11.3 Å². The molecule has 0 unspecified atom stereocenters. The number of benzene rings is 3. The minimum Gasteiger partial charge on any atom is -0.507 e. The van der Waals surface area contributed by atoms with Gasteiger partial charge in [0, 0.05) is 11.3 Å². The van der Waals surface area contributed by atoms with Gasteiger partial charge in [-0.25, -0.2) is 0 Å². The van der Waals surface area contributed by atoms with Gasteiger partial charge in [-0.1, -0.05) is 54.6 Å². The summed E-state index contributed by atoms with van der Waals surface area (Å²) in [5.41, 5.74) is 2.83. The molecule has 1 atom stereocenters. The molecule has 22 heavy (non-hydrogen) atoms. The van der Waals surface area contributed by atoms with Crippen LogP contribution in [0.4, 0.5) is 0 Å². The summed E-state index contributed by atoms with van der Waals surface area (Å²) in [5, 5.41) is 12.4. The van der Waals surface area contributed by atoms with Gasteiger partial charge >= 0.3 is 0 Å². The number of fused-ring (bicyclic) bond motifs is 1. The summed E-state index contributed by atoms with van der Waals surface area (Å²) < 4.78 is 0. The molecule has 3 rings (SSSR count). The number of nitrogens with zero attached hydrogens (tertiary/aromatic N) is 1. The molecular weight excluding hydrogens is 270 g/mol. The van der Waals surface area contributed by atoms with E-state index in [-0.39, 0.29) is 11.8 Å². The summed E-state index contributed by atoms with van der Waals surface area (Å²) in [7, 11) is 0.